The number of rotatable bonds is 5. The van der Waals surface area contributed by atoms with E-state index in [0.717, 1.165) is 5.69 Å². The molecule has 0 saturated carbocycles. The summed E-state index contributed by atoms with van der Waals surface area (Å²) in [5.74, 6) is 0. The van der Waals surface area contributed by atoms with Gasteiger partial charge in [-0.15, -0.1) is 0 Å². The lowest BCUT2D eigenvalue weighted by Gasteiger charge is -2.16. The highest BCUT2D eigenvalue weighted by Crippen LogP contribution is 2.07. The number of hydrogen-bond acceptors (Lipinski definition) is 5. The summed E-state index contributed by atoms with van der Waals surface area (Å²) in [5, 5.41) is 12.2. The molecule has 6 heteroatoms. The van der Waals surface area contributed by atoms with E-state index in [1.165, 1.54) is 0 Å². The Kier molecular flexibility index (Phi) is 4.24. The van der Waals surface area contributed by atoms with E-state index in [4.69, 9.17) is 14.4 Å². The average molecular weight is 229 g/mol. The fraction of sp³-hybridized carbons (Fsp3) is 0.333. The van der Waals surface area contributed by atoms with Crippen LogP contribution in [0.25, 0.3) is 0 Å². The Morgan fingerprint density at radius 3 is 2.27 bits per heavy atom. The Hall–Kier alpha value is -0.923. The lowest BCUT2D eigenvalue weighted by molar-refractivity contribution is 0.160. The molecule has 0 heterocycles. The molecule has 1 atom stereocenters. The van der Waals surface area contributed by atoms with Crippen molar-refractivity contribution >= 4 is 14.5 Å². The maximum absolute atomic E-state index is 9.34. The van der Waals surface area contributed by atoms with Crippen molar-refractivity contribution in [1.29, 1.82) is 0 Å². The average Bonchev–Trinajstić information content (AvgIpc) is 2.14. The molecule has 1 aromatic rings. The molecule has 0 aliphatic rings. The third kappa shape index (κ3) is 5.50. The van der Waals surface area contributed by atoms with Crippen LogP contribution in [0.3, 0.4) is 0 Å². The number of hydrogen-bond donors (Lipinski definition) is 5. The maximum atomic E-state index is 9.34. The van der Waals surface area contributed by atoms with Gasteiger partial charge in [-0.2, -0.15) is 0 Å². The van der Waals surface area contributed by atoms with E-state index in [2.05, 4.69) is 5.32 Å². The van der Waals surface area contributed by atoms with Crippen molar-refractivity contribution in [2.24, 2.45) is 0 Å². The fourth-order valence-corrected chi connectivity index (χ4v) is 1.96. The molecule has 1 unspecified atom stereocenters. The minimum atomic E-state index is -4.15. The van der Waals surface area contributed by atoms with Gasteiger partial charge in [0, 0.05) is 18.3 Å². The summed E-state index contributed by atoms with van der Waals surface area (Å²) >= 11 is 0. The standard InChI is InChI=1S/C9H15NO4Si/c11-9(7-15(12,13)14)6-10-8-4-2-1-3-5-8/h1-5,9-14H,6-7H2. The summed E-state index contributed by atoms with van der Waals surface area (Å²) < 4.78 is 0. The lowest BCUT2D eigenvalue weighted by atomic mass is 10.3. The van der Waals surface area contributed by atoms with Crippen molar-refractivity contribution in [1.82, 2.24) is 0 Å². The molecule has 1 aromatic carbocycles. The first-order valence-electron chi connectivity index (χ1n) is 4.61. The topological polar surface area (TPSA) is 93.0 Å². The number of aliphatic hydroxyl groups excluding tert-OH is 1. The first-order valence-corrected chi connectivity index (χ1v) is 6.66. The van der Waals surface area contributed by atoms with Gasteiger partial charge in [-0.3, -0.25) is 0 Å². The molecule has 0 fully saturated rings. The SMILES string of the molecule is OC(CNc1ccccc1)C[Si](O)(O)O. The first kappa shape index (κ1) is 12.1. The molecule has 5 N–H and O–H groups in total. The molecular weight excluding hydrogens is 214 g/mol. The van der Waals surface area contributed by atoms with Gasteiger partial charge in [0.05, 0.1) is 6.10 Å². The highest BCUT2D eigenvalue weighted by atomic mass is 28.4. The zero-order valence-corrected chi connectivity index (χ0v) is 9.17. The summed E-state index contributed by atoms with van der Waals surface area (Å²) in [5.41, 5.74) is 0.831. The van der Waals surface area contributed by atoms with E-state index in [-0.39, 0.29) is 12.6 Å². The van der Waals surface area contributed by atoms with Gasteiger partial charge in [0.2, 0.25) is 0 Å². The van der Waals surface area contributed by atoms with Crippen molar-refractivity contribution in [3.8, 4) is 0 Å². The number of benzene rings is 1. The van der Waals surface area contributed by atoms with Crippen LogP contribution in [0.1, 0.15) is 0 Å². The minimum Gasteiger partial charge on any atom is -0.391 e. The molecule has 84 valence electrons. The predicted molar refractivity (Wildman–Crippen MR) is 58.2 cm³/mol. The molecule has 0 saturated heterocycles. The van der Waals surface area contributed by atoms with E-state index in [1.807, 2.05) is 30.3 Å². The van der Waals surface area contributed by atoms with E-state index in [1.54, 1.807) is 0 Å². The number of para-hydroxylation sites is 1. The molecule has 5 nitrogen and oxygen atoms in total. The van der Waals surface area contributed by atoms with E-state index in [9.17, 15) is 5.11 Å². The zero-order chi connectivity index (χ0) is 11.3. The van der Waals surface area contributed by atoms with Crippen LogP contribution in [0, 0.1) is 0 Å². The third-order valence-electron chi connectivity index (χ3n) is 1.83. The second-order valence-electron chi connectivity index (χ2n) is 3.38. The van der Waals surface area contributed by atoms with Gasteiger partial charge in [0.15, 0.2) is 0 Å². The fourth-order valence-electron chi connectivity index (χ4n) is 1.18. The van der Waals surface area contributed by atoms with E-state index in [0.29, 0.717) is 0 Å². The highest BCUT2D eigenvalue weighted by molar-refractivity contribution is 6.56. The van der Waals surface area contributed by atoms with Crippen LogP contribution in [-0.2, 0) is 0 Å². The highest BCUT2D eigenvalue weighted by Gasteiger charge is 2.30. The van der Waals surface area contributed by atoms with Crippen LogP contribution in [0.15, 0.2) is 30.3 Å². The molecule has 0 aliphatic carbocycles. The molecule has 0 radical (unpaired) electrons. The van der Waals surface area contributed by atoms with Crippen molar-refractivity contribution in [3.05, 3.63) is 30.3 Å². The monoisotopic (exact) mass is 229 g/mol. The molecule has 1 rings (SSSR count). The van der Waals surface area contributed by atoms with Crippen LogP contribution in [-0.4, -0.2) is 40.9 Å². The normalized spacial score (nSPS) is 13.6. The molecule has 0 aromatic heterocycles. The molecule has 0 amide bonds. The van der Waals surface area contributed by atoms with Crippen molar-refractivity contribution in [2.75, 3.05) is 11.9 Å². The Morgan fingerprint density at radius 2 is 1.73 bits per heavy atom. The molecule has 15 heavy (non-hydrogen) atoms. The van der Waals surface area contributed by atoms with Gasteiger partial charge >= 0.3 is 8.80 Å². The second kappa shape index (κ2) is 5.24. The Morgan fingerprint density at radius 1 is 1.13 bits per heavy atom. The minimum absolute atomic E-state index is 0.167. The number of anilines is 1. The van der Waals surface area contributed by atoms with Gasteiger partial charge < -0.3 is 24.8 Å². The van der Waals surface area contributed by atoms with Crippen LogP contribution in [0.5, 0.6) is 0 Å². The Labute approximate surface area is 89.0 Å². The van der Waals surface area contributed by atoms with Gasteiger partial charge in [-0.1, -0.05) is 18.2 Å². The van der Waals surface area contributed by atoms with Crippen LogP contribution < -0.4 is 5.32 Å². The maximum Gasteiger partial charge on any atom is 0.495 e. The van der Waals surface area contributed by atoms with Crippen molar-refractivity contribution in [2.45, 2.75) is 12.1 Å². The van der Waals surface area contributed by atoms with Crippen LogP contribution in [0.2, 0.25) is 6.04 Å². The van der Waals surface area contributed by atoms with E-state index < -0.39 is 14.9 Å². The summed E-state index contributed by atoms with van der Waals surface area (Å²) in [6.45, 7) is 0.167. The summed E-state index contributed by atoms with van der Waals surface area (Å²) in [7, 11) is -4.15. The Balaban J connectivity index is 2.32. The van der Waals surface area contributed by atoms with E-state index >= 15 is 0 Å². The van der Waals surface area contributed by atoms with Gasteiger partial charge in [0.1, 0.15) is 0 Å². The first-order chi connectivity index (χ1) is 6.97. The summed E-state index contributed by atoms with van der Waals surface area (Å²) in [6, 6.07) is 8.83. The zero-order valence-electron chi connectivity index (χ0n) is 8.17. The predicted octanol–water partition coefficient (Wildman–Crippen LogP) is -0.625. The molecule has 0 aliphatic heterocycles. The number of aliphatic hydroxyl groups is 1. The van der Waals surface area contributed by atoms with Crippen LogP contribution in [0.4, 0.5) is 5.69 Å². The molecule has 0 bridgehead atoms. The lowest BCUT2D eigenvalue weighted by Crippen LogP contribution is -2.40. The number of nitrogens with one attached hydrogen (secondary N) is 1. The van der Waals surface area contributed by atoms with Gasteiger partial charge in [0.25, 0.3) is 0 Å². The quantitative estimate of drug-likeness (QED) is 0.434. The molecule has 0 spiro atoms. The third-order valence-corrected chi connectivity index (χ3v) is 2.84. The van der Waals surface area contributed by atoms with Crippen molar-refractivity contribution in [3.63, 3.8) is 0 Å². The van der Waals surface area contributed by atoms with Gasteiger partial charge in [-0.25, -0.2) is 0 Å². The van der Waals surface area contributed by atoms with Crippen LogP contribution >= 0.6 is 0 Å². The smallest absolute Gasteiger partial charge is 0.391 e. The Bertz CT molecular complexity index is 288. The summed E-state index contributed by atoms with van der Waals surface area (Å²) in [4.78, 5) is 26.2. The second-order valence-corrected chi connectivity index (χ2v) is 5.34. The molecular formula is C9H15NO4Si. The van der Waals surface area contributed by atoms with Gasteiger partial charge in [-0.05, 0) is 12.1 Å². The largest absolute Gasteiger partial charge is 0.495 e. The van der Waals surface area contributed by atoms with Crippen molar-refractivity contribution < 1.29 is 19.5 Å². The summed E-state index contributed by atoms with van der Waals surface area (Å²) in [6.07, 6.45) is -0.975.